The zero-order valence-corrected chi connectivity index (χ0v) is 9.61. The summed E-state index contributed by atoms with van der Waals surface area (Å²) in [7, 11) is 1.27. The number of Topliss-reactive ketones (excluding diaryl/α,β-unsaturated/α-hetero) is 1. The molecule has 4 heteroatoms. The quantitative estimate of drug-likeness (QED) is 0.849. The summed E-state index contributed by atoms with van der Waals surface area (Å²) >= 11 is 0. The fraction of sp³-hybridized carbons (Fsp3) is 0.333. The first kappa shape index (κ1) is 12.2. The molecule has 0 saturated heterocycles. The van der Waals surface area contributed by atoms with Crippen LogP contribution in [0.15, 0.2) is 24.3 Å². The first-order chi connectivity index (χ1) is 7.54. The number of amides is 1. The minimum absolute atomic E-state index is 0.130. The highest BCUT2D eigenvalue weighted by atomic mass is 16.5. The number of nitrogens with one attached hydrogen (secondary N) is 1. The van der Waals surface area contributed by atoms with Crippen LogP contribution in [0.5, 0.6) is 0 Å². The molecule has 0 heterocycles. The van der Waals surface area contributed by atoms with Crippen LogP contribution in [-0.2, 0) is 9.53 Å². The number of alkyl carbamates (subject to hydrolysis) is 1. The molecule has 0 radical (unpaired) electrons. The molecule has 0 spiro atoms. The Morgan fingerprint density at radius 3 is 2.25 bits per heavy atom. The maximum absolute atomic E-state index is 11.4. The van der Waals surface area contributed by atoms with Gasteiger partial charge in [0.15, 0.2) is 5.78 Å². The van der Waals surface area contributed by atoms with E-state index in [2.05, 4.69) is 10.1 Å². The van der Waals surface area contributed by atoms with E-state index in [1.54, 1.807) is 0 Å². The molecule has 0 fully saturated rings. The Morgan fingerprint density at radius 1 is 1.25 bits per heavy atom. The second-order valence-electron chi connectivity index (χ2n) is 3.59. The van der Waals surface area contributed by atoms with E-state index in [4.69, 9.17) is 0 Å². The number of benzene rings is 1. The number of hydrogen-bond acceptors (Lipinski definition) is 3. The van der Waals surface area contributed by atoms with E-state index in [9.17, 15) is 9.59 Å². The second-order valence-corrected chi connectivity index (χ2v) is 3.59. The number of carbonyl (C=O) groups excluding carboxylic acids is 2. The Balaban J connectivity index is 2.89. The Kier molecular flexibility index (Phi) is 4.05. The topological polar surface area (TPSA) is 55.4 Å². The minimum atomic E-state index is -0.645. The van der Waals surface area contributed by atoms with Crippen LogP contribution in [0.4, 0.5) is 4.79 Å². The van der Waals surface area contributed by atoms with Gasteiger partial charge in [0, 0.05) is 0 Å². The molecule has 1 amide bonds. The molecule has 0 aliphatic rings. The number of methoxy groups -OCH3 is 1. The number of hydrogen-bond donors (Lipinski definition) is 1. The molecule has 0 saturated carbocycles. The smallest absolute Gasteiger partial charge is 0.407 e. The standard InChI is InChI=1S/C12H15NO3/c1-8-4-6-10(7-5-8)11(9(2)14)13-12(15)16-3/h4-7,11H,1-3H3,(H,13,15). The van der Waals surface area contributed by atoms with Gasteiger partial charge in [0.05, 0.1) is 7.11 Å². The Morgan fingerprint density at radius 2 is 1.81 bits per heavy atom. The van der Waals surface area contributed by atoms with E-state index in [-0.39, 0.29) is 5.78 Å². The third-order valence-electron chi connectivity index (χ3n) is 2.26. The summed E-state index contributed by atoms with van der Waals surface area (Å²) in [5.74, 6) is -0.130. The van der Waals surface area contributed by atoms with Crippen molar-refractivity contribution in [2.75, 3.05) is 7.11 Å². The van der Waals surface area contributed by atoms with E-state index in [1.807, 2.05) is 31.2 Å². The summed E-state index contributed by atoms with van der Waals surface area (Å²) in [5.41, 5.74) is 1.85. The van der Waals surface area contributed by atoms with Gasteiger partial charge in [-0.05, 0) is 19.4 Å². The van der Waals surface area contributed by atoms with E-state index in [0.717, 1.165) is 11.1 Å². The van der Waals surface area contributed by atoms with Gasteiger partial charge >= 0.3 is 6.09 Å². The molecule has 16 heavy (non-hydrogen) atoms. The zero-order valence-electron chi connectivity index (χ0n) is 9.61. The normalized spacial score (nSPS) is 11.7. The van der Waals surface area contributed by atoms with Crippen LogP contribution < -0.4 is 5.32 Å². The van der Waals surface area contributed by atoms with Crippen molar-refractivity contribution in [2.45, 2.75) is 19.9 Å². The van der Waals surface area contributed by atoms with Gasteiger partial charge < -0.3 is 10.1 Å². The Hall–Kier alpha value is -1.84. The monoisotopic (exact) mass is 221 g/mol. The van der Waals surface area contributed by atoms with Crippen molar-refractivity contribution in [1.82, 2.24) is 5.32 Å². The highest BCUT2D eigenvalue weighted by molar-refractivity contribution is 5.86. The first-order valence-corrected chi connectivity index (χ1v) is 4.96. The van der Waals surface area contributed by atoms with Crippen molar-refractivity contribution in [3.63, 3.8) is 0 Å². The van der Waals surface area contributed by atoms with Crippen molar-refractivity contribution in [1.29, 1.82) is 0 Å². The lowest BCUT2D eigenvalue weighted by Gasteiger charge is -2.15. The minimum Gasteiger partial charge on any atom is -0.453 e. The third-order valence-corrected chi connectivity index (χ3v) is 2.26. The maximum atomic E-state index is 11.4. The van der Waals surface area contributed by atoms with E-state index >= 15 is 0 Å². The zero-order chi connectivity index (χ0) is 12.1. The molecule has 86 valence electrons. The Bertz CT molecular complexity index is 384. The highest BCUT2D eigenvalue weighted by Gasteiger charge is 2.18. The van der Waals surface area contributed by atoms with Gasteiger partial charge in [0.25, 0.3) is 0 Å². The average molecular weight is 221 g/mol. The van der Waals surface area contributed by atoms with Crippen LogP contribution in [0.1, 0.15) is 24.1 Å². The van der Waals surface area contributed by atoms with Gasteiger partial charge in [0.1, 0.15) is 6.04 Å². The lowest BCUT2D eigenvalue weighted by atomic mass is 10.0. The third kappa shape index (κ3) is 3.08. The molecule has 1 unspecified atom stereocenters. The summed E-state index contributed by atoms with van der Waals surface area (Å²) in [6, 6.07) is 6.77. The summed E-state index contributed by atoms with van der Waals surface area (Å²) < 4.78 is 4.47. The van der Waals surface area contributed by atoms with E-state index in [1.165, 1.54) is 14.0 Å². The highest BCUT2D eigenvalue weighted by Crippen LogP contribution is 2.14. The van der Waals surface area contributed by atoms with Gasteiger partial charge in [0.2, 0.25) is 0 Å². The molecule has 0 bridgehead atoms. The van der Waals surface area contributed by atoms with Crippen LogP contribution in [0, 0.1) is 6.92 Å². The molecule has 4 nitrogen and oxygen atoms in total. The van der Waals surface area contributed by atoms with Crippen LogP contribution >= 0.6 is 0 Å². The molecule has 0 aliphatic heterocycles. The van der Waals surface area contributed by atoms with Gasteiger partial charge in [-0.3, -0.25) is 4.79 Å². The molecular formula is C12H15NO3. The maximum Gasteiger partial charge on any atom is 0.407 e. The van der Waals surface area contributed by atoms with Crippen LogP contribution in [0.3, 0.4) is 0 Å². The Labute approximate surface area is 94.6 Å². The average Bonchev–Trinajstić information content (AvgIpc) is 2.26. The van der Waals surface area contributed by atoms with Gasteiger partial charge in [-0.2, -0.15) is 0 Å². The number of ketones is 1. The van der Waals surface area contributed by atoms with Crippen molar-refractivity contribution in [2.24, 2.45) is 0 Å². The fourth-order valence-corrected chi connectivity index (χ4v) is 1.36. The number of carbonyl (C=O) groups is 2. The molecule has 1 rings (SSSR count). The number of ether oxygens (including phenoxy) is 1. The van der Waals surface area contributed by atoms with Crippen molar-refractivity contribution < 1.29 is 14.3 Å². The summed E-state index contributed by atoms with van der Waals surface area (Å²) in [6.45, 7) is 3.39. The molecule has 1 N–H and O–H groups in total. The molecule has 1 aromatic carbocycles. The van der Waals surface area contributed by atoms with E-state index in [0.29, 0.717) is 0 Å². The molecule has 1 aromatic rings. The van der Waals surface area contributed by atoms with Crippen LogP contribution in [0.2, 0.25) is 0 Å². The fourth-order valence-electron chi connectivity index (χ4n) is 1.36. The lowest BCUT2D eigenvalue weighted by Crippen LogP contribution is -2.32. The second kappa shape index (κ2) is 5.30. The largest absolute Gasteiger partial charge is 0.453 e. The summed E-state index contributed by atoms with van der Waals surface area (Å²) in [4.78, 5) is 22.5. The van der Waals surface area contributed by atoms with Gasteiger partial charge in [-0.15, -0.1) is 0 Å². The van der Waals surface area contributed by atoms with Crippen molar-refractivity contribution in [3.05, 3.63) is 35.4 Å². The number of rotatable bonds is 3. The van der Waals surface area contributed by atoms with Gasteiger partial charge in [-0.1, -0.05) is 29.8 Å². The van der Waals surface area contributed by atoms with Crippen molar-refractivity contribution >= 4 is 11.9 Å². The summed E-state index contributed by atoms with van der Waals surface area (Å²) in [5, 5.41) is 2.49. The number of aryl methyl sites for hydroxylation is 1. The van der Waals surface area contributed by atoms with Gasteiger partial charge in [-0.25, -0.2) is 4.79 Å². The predicted molar refractivity (Wildman–Crippen MR) is 60.1 cm³/mol. The van der Waals surface area contributed by atoms with E-state index < -0.39 is 12.1 Å². The molecule has 0 aliphatic carbocycles. The first-order valence-electron chi connectivity index (χ1n) is 4.96. The molecule has 1 atom stereocenters. The van der Waals surface area contributed by atoms with Crippen LogP contribution in [-0.4, -0.2) is 19.0 Å². The lowest BCUT2D eigenvalue weighted by molar-refractivity contribution is -0.119. The summed E-state index contributed by atoms with van der Waals surface area (Å²) in [6.07, 6.45) is -0.610. The SMILES string of the molecule is COC(=O)NC(C(C)=O)c1ccc(C)cc1. The predicted octanol–water partition coefficient (Wildman–Crippen LogP) is 1.98. The van der Waals surface area contributed by atoms with Crippen LogP contribution in [0.25, 0.3) is 0 Å². The molecular weight excluding hydrogens is 206 g/mol. The van der Waals surface area contributed by atoms with Crippen molar-refractivity contribution in [3.8, 4) is 0 Å². The molecule has 0 aromatic heterocycles.